The van der Waals surface area contributed by atoms with E-state index in [1.807, 2.05) is 0 Å². The van der Waals surface area contributed by atoms with E-state index in [1.54, 1.807) is 11.9 Å². The lowest BCUT2D eigenvalue weighted by Crippen LogP contribution is -2.44. The van der Waals surface area contributed by atoms with Crippen molar-refractivity contribution in [2.75, 3.05) is 26.7 Å². The van der Waals surface area contributed by atoms with E-state index >= 15 is 0 Å². The summed E-state index contributed by atoms with van der Waals surface area (Å²) in [5.41, 5.74) is -0.762. The van der Waals surface area contributed by atoms with Gasteiger partial charge in [0.25, 0.3) is 0 Å². The molecule has 1 heterocycles. The average Bonchev–Trinajstić information content (AvgIpc) is 2.27. The van der Waals surface area contributed by atoms with Gasteiger partial charge in [0.2, 0.25) is 0 Å². The number of likely N-dealkylation sites (N-methyl/N-ethyl adjacent to an activating group) is 1. The number of benzene rings is 1. The van der Waals surface area contributed by atoms with Gasteiger partial charge in [0.05, 0.1) is 5.56 Å². The van der Waals surface area contributed by atoms with Gasteiger partial charge in [-0.25, -0.2) is 4.39 Å². The van der Waals surface area contributed by atoms with Crippen LogP contribution in [0, 0.1) is 5.82 Å². The van der Waals surface area contributed by atoms with E-state index in [-0.39, 0.29) is 5.56 Å². The van der Waals surface area contributed by atoms with Gasteiger partial charge in [0, 0.05) is 25.7 Å². The van der Waals surface area contributed by atoms with E-state index in [1.165, 1.54) is 0 Å². The molecule has 1 aliphatic heterocycles. The Hall–Kier alpha value is -1.14. The third-order valence-electron chi connectivity index (χ3n) is 3.19. The molecule has 1 aromatic rings. The van der Waals surface area contributed by atoms with Crippen molar-refractivity contribution in [2.45, 2.75) is 12.2 Å². The maximum absolute atomic E-state index is 13.2. The summed E-state index contributed by atoms with van der Waals surface area (Å²) in [5, 5.41) is 3.03. The van der Waals surface area contributed by atoms with Gasteiger partial charge in [-0.1, -0.05) is 0 Å². The summed E-state index contributed by atoms with van der Waals surface area (Å²) in [6.07, 6.45) is -4.46. The van der Waals surface area contributed by atoms with Crippen LogP contribution in [0.5, 0.6) is 0 Å². The quantitative estimate of drug-likeness (QED) is 0.782. The summed E-state index contributed by atoms with van der Waals surface area (Å²) < 4.78 is 51.9. The molecule has 100 valence electrons. The smallest absolute Gasteiger partial charge is 0.314 e. The third kappa shape index (κ3) is 2.64. The molecular formula is C12H14F4N2. The maximum Gasteiger partial charge on any atom is 0.416 e. The Bertz CT molecular complexity index is 431. The minimum atomic E-state index is -4.46. The second kappa shape index (κ2) is 4.85. The summed E-state index contributed by atoms with van der Waals surface area (Å²) in [7, 11) is 1.75. The van der Waals surface area contributed by atoms with Crippen molar-refractivity contribution < 1.29 is 17.6 Å². The molecule has 0 aromatic heterocycles. The number of halogens is 4. The summed E-state index contributed by atoms with van der Waals surface area (Å²) in [5.74, 6) is -0.642. The summed E-state index contributed by atoms with van der Waals surface area (Å²) in [6.45, 7) is 1.76. The average molecular weight is 262 g/mol. The summed E-state index contributed by atoms with van der Waals surface area (Å²) >= 11 is 0. The zero-order valence-corrected chi connectivity index (χ0v) is 9.89. The molecule has 1 atom stereocenters. The Morgan fingerprint density at radius 2 is 2.06 bits per heavy atom. The molecule has 2 rings (SSSR count). The van der Waals surface area contributed by atoms with E-state index in [9.17, 15) is 17.6 Å². The highest BCUT2D eigenvalue weighted by Gasteiger charge is 2.36. The molecule has 18 heavy (non-hydrogen) atoms. The van der Waals surface area contributed by atoms with Gasteiger partial charge in [0.1, 0.15) is 5.82 Å². The van der Waals surface area contributed by atoms with E-state index in [0.717, 1.165) is 24.7 Å². The molecule has 0 spiro atoms. The molecule has 0 bridgehead atoms. The highest BCUT2D eigenvalue weighted by Crippen LogP contribution is 2.36. The number of piperazine rings is 1. The van der Waals surface area contributed by atoms with E-state index in [0.29, 0.717) is 13.1 Å². The molecule has 1 saturated heterocycles. The normalized spacial score (nSPS) is 22.2. The van der Waals surface area contributed by atoms with Crippen molar-refractivity contribution in [2.24, 2.45) is 0 Å². The topological polar surface area (TPSA) is 15.3 Å². The van der Waals surface area contributed by atoms with Crippen LogP contribution in [0.25, 0.3) is 0 Å². The minimum absolute atomic E-state index is 0.00259. The Balaban J connectivity index is 2.44. The first-order valence-electron chi connectivity index (χ1n) is 5.67. The van der Waals surface area contributed by atoms with Gasteiger partial charge in [-0.15, -0.1) is 0 Å². The van der Waals surface area contributed by atoms with E-state index in [4.69, 9.17) is 0 Å². The Kier molecular flexibility index (Phi) is 3.59. The van der Waals surface area contributed by atoms with Crippen molar-refractivity contribution in [3.05, 3.63) is 35.1 Å². The van der Waals surface area contributed by atoms with Crippen LogP contribution in [0.15, 0.2) is 18.2 Å². The van der Waals surface area contributed by atoms with Gasteiger partial charge in [0.15, 0.2) is 0 Å². The molecule has 0 aliphatic carbocycles. The first kappa shape index (κ1) is 13.3. The molecule has 0 radical (unpaired) electrons. The van der Waals surface area contributed by atoms with Crippen LogP contribution in [0.1, 0.15) is 17.2 Å². The molecule has 1 aliphatic rings. The monoisotopic (exact) mass is 262 g/mol. The van der Waals surface area contributed by atoms with Gasteiger partial charge >= 0.3 is 6.18 Å². The second-order valence-corrected chi connectivity index (χ2v) is 4.43. The SMILES string of the molecule is CN1CCNCC1c1cc(F)ccc1C(F)(F)F. The standard InChI is InChI=1S/C12H14F4N2/c1-18-5-4-17-7-11(18)9-6-8(13)2-3-10(9)12(14,15)16/h2-3,6,11,17H,4-5,7H2,1H3. The van der Waals surface area contributed by atoms with Crippen LogP contribution in [-0.2, 0) is 6.18 Å². The Morgan fingerprint density at radius 3 is 2.67 bits per heavy atom. The fraction of sp³-hybridized carbons (Fsp3) is 0.500. The first-order chi connectivity index (χ1) is 8.39. The van der Waals surface area contributed by atoms with Crippen LogP contribution < -0.4 is 5.32 Å². The highest BCUT2D eigenvalue weighted by atomic mass is 19.4. The molecule has 2 nitrogen and oxygen atoms in total. The van der Waals surface area contributed by atoms with Gasteiger partial charge in [-0.05, 0) is 30.8 Å². The second-order valence-electron chi connectivity index (χ2n) is 4.43. The number of alkyl halides is 3. The lowest BCUT2D eigenvalue weighted by atomic mass is 9.97. The number of hydrogen-bond donors (Lipinski definition) is 1. The van der Waals surface area contributed by atoms with E-state index < -0.39 is 23.6 Å². The molecule has 0 amide bonds. The van der Waals surface area contributed by atoms with Crippen LogP contribution >= 0.6 is 0 Å². The summed E-state index contributed by atoms with van der Waals surface area (Å²) in [4.78, 5) is 1.81. The third-order valence-corrected chi connectivity index (χ3v) is 3.19. The molecule has 1 fully saturated rings. The number of hydrogen-bond acceptors (Lipinski definition) is 2. The Morgan fingerprint density at radius 1 is 1.33 bits per heavy atom. The summed E-state index contributed by atoms with van der Waals surface area (Å²) in [6, 6.07) is 2.19. The van der Waals surface area contributed by atoms with Crippen LogP contribution in [0.2, 0.25) is 0 Å². The zero-order chi connectivity index (χ0) is 13.3. The number of nitrogens with one attached hydrogen (secondary N) is 1. The van der Waals surface area contributed by atoms with Crippen molar-refractivity contribution in [3.63, 3.8) is 0 Å². The predicted octanol–water partition coefficient (Wildman–Crippen LogP) is 2.42. The fourth-order valence-electron chi connectivity index (χ4n) is 2.22. The Labute approximate surface area is 103 Å². The lowest BCUT2D eigenvalue weighted by Gasteiger charge is -2.34. The van der Waals surface area contributed by atoms with Crippen LogP contribution in [0.3, 0.4) is 0 Å². The van der Waals surface area contributed by atoms with Crippen molar-refractivity contribution in [1.82, 2.24) is 10.2 Å². The van der Waals surface area contributed by atoms with Crippen LogP contribution in [-0.4, -0.2) is 31.6 Å². The number of rotatable bonds is 1. The molecular weight excluding hydrogens is 248 g/mol. The van der Waals surface area contributed by atoms with Crippen molar-refractivity contribution >= 4 is 0 Å². The number of nitrogens with zero attached hydrogens (tertiary/aromatic N) is 1. The van der Waals surface area contributed by atoms with Crippen LogP contribution in [0.4, 0.5) is 17.6 Å². The van der Waals surface area contributed by atoms with Gasteiger partial charge in [-0.3, -0.25) is 4.90 Å². The molecule has 1 unspecified atom stereocenters. The predicted molar refractivity (Wildman–Crippen MR) is 59.6 cm³/mol. The van der Waals surface area contributed by atoms with Gasteiger partial charge in [-0.2, -0.15) is 13.2 Å². The molecule has 1 N–H and O–H groups in total. The lowest BCUT2D eigenvalue weighted by molar-refractivity contribution is -0.138. The highest BCUT2D eigenvalue weighted by molar-refractivity contribution is 5.33. The molecule has 1 aromatic carbocycles. The molecule has 0 saturated carbocycles. The first-order valence-corrected chi connectivity index (χ1v) is 5.67. The largest absolute Gasteiger partial charge is 0.416 e. The van der Waals surface area contributed by atoms with E-state index in [2.05, 4.69) is 5.32 Å². The minimum Gasteiger partial charge on any atom is -0.314 e. The zero-order valence-electron chi connectivity index (χ0n) is 9.89. The van der Waals surface area contributed by atoms with Crippen molar-refractivity contribution in [3.8, 4) is 0 Å². The molecule has 6 heteroatoms. The fourth-order valence-corrected chi connectivity index (χ4v) is 2.22. The van der Waals surface area contributed by atoms with Gasteiger partial charge < -0.3 is 5.32 Å². The van der Waals surface area contributed by atoms with Crippen molar-refractivity contribution in [1.29, 1.82) is 0 Å². The maximum atomic E-state index is 13.2.